The Kier molecular flexibility index (Phi) is 6.92. The number of allylic oxidation sites excluding steroid dienone is 3. The second-order valence-electron chi connectivity index (χ2n) is 8.10. The van der Waals surface area contributed by atoms with Crippen molar-refractivity contribution in [2.45, 2.75) is 26.7 Å². The fourth-order valence-corrected chi connectivity index (χ4v) is 4.92. The minimum absolute atomic E-state index is 0.310. The van der Waals surface area contributed by atoms with Crippen molar-refractivity contribution in [2.24, 2.45) is 5.92 Å². The molecule has 0 radical (unpaired) electrons. The number of carbonyl (C=O) groups is 1. The lowest BCUT2D eigenvalue weighted by Gasteiger charge is -2.16. The van der Waals surface area contributed by atoms with Gasteiger partial charge in [-0.1, -0.05) is 32.1 Å². The predicted molar refractivity (Wildman–Crippen MR) is 134 cm³/mol. The molecule has 5 nitrogen and oxygen atoms in total. The Morgan fingerprint density at radius 1 is 1.18 bits per heavy atom. The Morgan fingerprint density at radius 2 is 1.97 bits per heavy atom. The summed E-state index contributed by atoms with van der Waals surface area (Å²) in [6.45, 7) is 4.32. The Morgan fingerprint density at radius 3 is 2.68 bits per heavy atom. The van der Waals surface area contributed by atoms with Gasteiger partial charge in [-0.3, -0.25) is 4.79 Å². The molecule has 1 aliphatic rings. The summed E-state index contributed by atoms with van der Waals surface area (Å²) >= 11 is 1.55. The topological polar surface area (TPSA) is 83.1 Å². The van der Waals surface area contributed by atoms with Crippen LogP contribution >= 0.6 is 11.3 Å². The lowest BCUT2D eigenvalue weighted by molar-refractivity contribution is -0.109. The molecule has 0 fully saturated rings. The second kappa shape index (κ2) is 10.2. The third-order valence-corrected chi connectivity index (χ3v) is 6.60. The van der Waals surface area contributed by atoms with Crippen molar-refractivity contribution in [3.63, 3.8) is 0 Å². The first-order valence-electron chi connectivity index (χ1n) is 10.9. The maximum Gasteiger partial charge on any atom is 0.255 e. The smallest absolute Gasteiger partial charge is 0.255 e. The van der Waals surface area contributed by atoms with Crippen molar-refractivity contribution < 1.29 is 14.3 Å². The van der Waals surface area contributed by atoms with Crippen LogP contribution in [-0.2, 0) is 9.53 Å². The Bertz CT molecular complexity index is 1410. The van der Waals surface area contributed by atoms with E-state index in [-0.39, 0.29) is 0 Å². The van der Waals surface area contributed by atoms with Crippen LogP contribution < -0.4 is 4.74 Å². The molecule has 0 saturated carbocycles. The van der Waals surface area contributed by atoms with Crippen molar-refractivity contribution in [3.05, 3.63) is 82.5 Å². The van der Waals surface area contributed by atoms with E-state index in [1.54, 1.807) is 35.8 Å². The highest BCUT2D eigenvalue weighted by Crippen LogP contribution is 2.47. The number of thiophene rings is 1. The largest absolute Gasteiger partial charge is 0.464 e. The third kappa shape index (κ3) is 4.93. The van der Waals surface area contributed by atoms with Gasteiger partial charge in [-0.15, -0.1) is 11.3 Å². The number of nitriles is 2. The molecule has 0 amide bonds. The van der Waals surface area contributed by atoms with Gasteiger partial charge in [0.2, 0.25) is 0 Å². The third-order valence-electron chi connectivity index (χ3n) is 5.47. The molecule has 0 unspecified atom stereocenters. The summed E-state index contributed by atoms with van der Waals surface area (Å²) in [5.74, 6) is 1.84. The van der Waals surface area contributed by atoms with Gasteiger partial charge in [0.25, 0.3) is 5.78 Å². The van der Waals surface area contributed by atoms with Crippen molar-refractivity contribution in [1.82, 2.24) is 0 Å². The quantitative estimate of drug-likeness (QED) is 0.280. The van der Waals surface area contributed by atoms with Crippen LogP contribution in [0.3, 0.4) is 0 Å². The molecule has 1 aliphatic heterocycles. The molecule has 3 aromatic rings. The average molecular weight is 467 g/mol. The molecule has 0 N–H and O–H groups in total. The number of nitrogens with zero attached hydrogens (tertiary/aromatic N) is 2. The van der Waals surface area contributed by atoms with Gasteiger partial charge in [0, 0.05) is 10.1 Å². The number of ketones is 1. The van der Waals surface area contributed by atoms with Crippen LogP contribution in [0.5, 0.6) is 11.5 Å². The van der Waals surface area contributed by atoms with E-state index in [1.165, 1.54) is 11.6 Å². The van der Waals surface area contributed by atoms with E-state index in [4.69, 9.17) is 14.7 Å². The zero-order chi connectivity index (χ0) is 24.1. The van der Waals surface area contributed by atoms with E-state index in [0.29, 0.717) is 23.0 Å². The van der Waals surface area contributed by atoms with Crippen molar-refractivity contribution in [3.8, 4) is 23.6 Å². The van der Waals surface area contributed by atoms with E-state index in [2.05, 4.69) is 19.9 Å². The standard InChI is InChI=1S/C28H22N2O3S/c1-18(2)23-5-3-4-14-32-26(23)28-27(24-13-9-20(16-29)15-25(24)34-28)33-22-11-7-19(8-12-22)6-10-21(31)17-30/h4,6-15,18H,3,5H2,1-2H3/b10-6+. The first-order chi connectivity index (χ1) is 16.5. The highest BCUT2D eigenvalue weighted by molar-refractivity contribution is 7.20. The summed E-state index contributed by atoms with van der Waals surface area (Å²) in [5.41, 5.74) is 2.60. The number of benzene rings is 2. The molecule has 4 rings (SSSR count). The molecule has 34 heavy (non-hydrogen) atoms. The Labute approximate surface area is 202 Å². The van der Waals surface area contributed by atoms with Gasteiger partial charge in [0.05, 0.1) is 17.9 Å². The van der Waals surface area contributed by atoms with Gasteiger partial charge in [-0.2, -0.15) is 10.5 Å². The zero-order valence-corrected chi connectivity index (χ0v) is 19.7. The summed E-state index contributed by atoms with van der Waals surface area (Å²) in [4.78, 5) is 12.1. The molecule has 0 saturated heterocycles. The molecule has 6 heteroatoms. The fraction of sp³-hybridized carbons (Fsp3) is 0.179. The highest BCUT2D eigenvalue weighted by Gasteiger charge is 2.24. The van der Waals surface area contributed by atoms with E-state index < -0.39 is 5.78 Å². The minimum atomic E-state index is -0.599. The van der Waals surface area contributed by atoms with Gasteiger partial charge < -0.3 is 9.47 Å². The molecule has 0 atom stereocenters. The van der Waals surface area contributed by atoms with Crippen LogP contribution in [0.25, 0.3) is 21.9 Å². The van der Waals surface area contributed by atoms with Crippen LogP contribution in [0.15, 0.2) is 66.5 Å². The van der Waals surface area contributed by atoms with E-state index in [1.807, 2.05) is 42.5 Å². The molecule has 2 heterocycles. The lowest BCUT2D eigenvalue weighted by Crippen LogP contribution is -2.00. The molecular weight excluding hydrogens is 444 g/mol. The number of hydrogen-bond acceptors (Lipinski definition) is 6. The second-order valence-corrected chi connectivity index (χ2v) is 9.15. The zero-order valence-electron chi connectivity index (χ0n) is 18.9. The summed E-state index contributed by atoms with van der Waals surface area (Å²) in [7, 11) is 0. The van der Waals surface area contributed by atoms with Crippen molar-refractivity contribution in [1.29, 1.82) is 10.5 Å². The number of fused-ring (bicyclic) bond motifs is 1. The SMILES string of the molecule is CC(C)C1=C(c2sc3cc(C#N)ccc3c2Oc2ccc(/C=C/C(=O)C#N)cc2)OC=CCC1. The lowest BCUT2D eigenvalue weighted by atomic mass is 9.96. The maximum atomic E-state index is 11.2. The Balaban J connectivity index is 1.79. The first-order valence-corrected chi connectivity index (χ1v) is 11.7. The van der Waals surface area contributed by atoms with Crippen LogP contribution in [0.4, 0.5) is 0 Å². The van der Waals surface area contributed by atoms with Gasteiger partial charge in [0.1, 0.15) is 22.5 Å². The summed E-state index contributed by atoms with van der Waals surface area (Å²) in [6.07, 6.45) is 8.42. The van der Waals surface area contributed by atoms with E-state index >= 15 is 0 Å². The predicted octanol–water partition coefficient (Wildman–Crippen LogP) is 7.36. The van der Waals surface area contributed by atoms with Crippen LogP contribution in [0.1, 0.15) is 42.7 Å². The molecule has 0 spiro atoms. The maximum absolute atomic E-state index is 11.2. The molecule has 0 aliphatic carbocycles. The highest BCUT2D eigenvalue weighted by atomic mass is 32.1. The summed E-state index contributed by atoms with van der Waals surface area (Å²) in [6, 6.07) is 16.6. The molecule has 0 bridgehead atoms. The average Bonchev–Trinajstić information content (AvgIpc) is 3.02. The van der Waals surface area contributed by atoms with Crippen LogP contribution in [0.2, 0.25) is 0 Å². The summed E-state index contributed by atoms with van der Waals surface area (Å²) in [5, 5.41) is 18.9. The number of ether oxygens (including phenoxy) is 2. The van der Waals surface area contributed by atoms with Gasteiger partial charge >= 0.3 is 0 Å². The number of carbonyl (C=O) groups excluding carboxylic acids is 1. The van der Waals surface area contributed by atoms with Crippen molar-refractivity contribution >= 4 is 39.0 Å². The van der Waals surface area contributed by atoms with Crippen LogP contribution in [-0.4, -0.2) is 5.78 Å². The van der Waals surface area contributed by atoms with Crippen LogP contribution in [0, 0.1) is 28.6 Å². The molecule has 168 valence electrons. The molecule has 2 aromatic carbocycles. The van der Waals surface area contributed by atoms with E-state index in [0.717, 1.165) is 39.1 Å². The first kappa shape index (κ1) is 23.0. The van der Waals surface area contributed by atoms with E-state index in [9.17, 15) is 10.1 Å². The normalized spacial score (nSPS) is 13.6. The molecule has 1 aromatic heterocycles. The summed E-state index contributed by atoms with van der Waals surface area (Å²) < 4.78 is 13.5. The van der Waals surface area contributed by atoms with Gasteiger partial charge in [0.15, 0.2) is 5.75 Å². The Hall–Kier alpha value is -4.13. The molecular formula is C28H22N2O3S. The monoisotopic (exact) mass is 466 g/mol. The minimum Gasteiger partial charge on any atom is -0.464 e. The number of rotatable bonds is 6. The fourth-order valence-electron chi connectivity index (χ4n) is 3.73. The van der Waals surface area contributed by atoms with Gasteiger partial charge in [-0.05, 0) is 72.4 Å². The van der Waals surface area contributed by atoms with Crippen molar-refractivity contribution in [2.75, 3.05) is 0 Å². The number of hydrogen-bond donors (Lipinski definition) is 0. The van der Waals surface area contributed by atoms with Gasteiger partial charge in [-0.25, -0.2) is 0 Å².